The molecule has 0 saturated heterocycles. The summed E-state index contributed by atoms with van der Waals surface area (Å²) in [5.41, 5.74) is 1.46. The minimum atomic E-state index is -0.712. The van der Waals surface area contributed by atoms with Crippen LogP contribution in [0.2, 0.25) is 5.02 Å². The first-order chi connectivity index (χ1) is 10.7. The molecule has 2 heterocycles. The van der Waals surface area contributed by atoms with Crippen molar-refractivity contribution in [1.29, 1.82) is 0 Å². The van der Waals surface area contributed by atoms with E-state index in [1.54, 1.807) is 18.3 Å². The van der Waals surface area contributed by atoms with E-state index in [1.807, 2.05) is 30.3 Å². The fourth-order valence-corrected chi connectivity index (χ4v) is 2.92. The number of pyridine rings is 1. The van der Waals surface area contributed by atoms with Gasteiger partial charge in [0.05, 0.1) is 6.10 Å². The Kier molecular flexibility index (Phi) is 4.62. The van der Waals surface area contributed by atoms with Gasteiger partial charge in [-0.15, -0.1) is 10.2 Å². The fraction of sp³-hybridized carbons (Fsp3) is 0.133. The van der Waals surface area contributed by atoms with Gasteiger partial charge in [-0.05, 0) is 18.2 Å². The Morgan fingerprint density at radius 2 is 1.95 bits per heavy atom. The number of nitrogens with one attached hydrogen (secondary N) is 1. The number of aliphatic hydroxyl groups is 1. The maximum Gasteiger partial charge on any atom is 0.206 e. The summed E-state index contributed by atoms with van der Waals surface area (Å²) in [5, 5.41) is 23.3. The summed E-state index contributed by atoms with van der Waals surface area (Å²) >= 11 is 7.45. The molecule has 1 atom stereocenters. The van der Waals surface area contributed by atoms with Crippen molar-refractivity contribution in [2.45, 2.75) is 6.10 Å². The molecule has 0 saturated carbocycles. The van der Waals surface area contributed by atoms with Crippen molar-refractivity contribution in [1.82, 2.24) is 15.2 Å². The third kappa shape index (κ3) is 3.41. The molecule has 22 heavy (non-hydrogen) atoms. The number of anilines is 1. The Morgan fingerprint density at radius 1 is 1.14 bits per heavy atom. The maximum atomic E-state index is 10.2. The second-order valence-corrected chi connectivity index (χ2v) is 5.93. The molecule has 3 aromatic rings. The number of nitrogens with zero attached hydrogens (tertiary/aromatic N) is 3. The van der Waals surface area contributed by atoms with Gasteiger partial charge in [0.25, 0.3) is 0 Å². The van der Waals surface area contributed by atoms with Gasteiger partial charge < -0.3 is 10.4 Å². The first-order valence-electron chi connectivity index (χ1n) is 6.65. The van der Waals surface area contributed by atoms with E-state index in [1.165, 1.54) is 11.3 Å². The zero-order chi connectivity index (χ0) is 15.4. The van der Waals surface area contributed by atoms with E-state index >= 15 is 0 Å². The number of hydrogen-bond donors (Lipinski definition) is 2. The minimum absolute atomic E-state index is 0.306. The van der Waals surface area contributed by atoms with E-state index in [-0.39, 0.29) is 0 Å². The third-order valence-electron chi connectivity index (χ3n) is 3.02. The lowest BCUT2D eigenvalue weighted by atomic mass is 10.1. The Labute approximate surface area is 136 Å². The highest BCUT2D eigenvalue weighted by molar-refractivity contribution is 7.18. The SMILES string of the molecule is O[C@@H](CNc1nnc(-c2ccccn2)s1)c1ccccc1Cl. The van der Waals surface area contributed by atoms with Crippen LogP contribution in [-0.4, -0.2) is 26.8 Å². The highest BCUT2D eigenvalue weighted by Crippen LogP contribution is 2.26. The van der Waals surface area contributed by atoms with Gasteiger partial charge in [-0.3, -0.25) is 4.98 Å². The average Bonchev–Trinajstić information content (AvgIpc) is 3.03. The zero-order valence-electron chi connectivity index (χ0n) is 11.5. The molecule has 0 bridgehead atoms. The molecule has 112 valence electrons. The number of aromatic nitrogens is 3. The molecule has 0 unspecified atom stereocenters. The molecule has 0 amide bonds. The Morgan fingerprint density at radius 3 is 2.73 bits per heavy atom. The fourth-order valence-electron chi connectivity index (χ4n) is 1.93. The van der Waals surface area contributed by atoms with Gasteiger partial charge in [-0.25, -0.2) is 0 Å². The molecular weight excluding hydrogens is 320 g/mol. The van der Waals surface area contributed by atoms with Crippen LogP contribution in [0.5, 0.6) is 0 Å². The van der Waals surface area contributed by atoms with Crippen molar-refractivity contribution in [2.75, 3.05) is 11.9 Å². The van der Waals surface area contributed by atoms with Crippen LogP contribution in [0, 0.1) is 0 Å². The maximum absolute atomic E-state index is 10.2. The summed E-state index contributed by atoms with van der Waals surface area (Å²) < 4.78 is 0. The van der Waals surface area contributed by atoms with Gasteiger partial charge in [0.15, 0.2) is 5.01 Å². The average molecular weight is 333 g/mol. The molecular formula is C15H13ClN4OS. The van der Waals surface area contributed by atoms with Crippen LogP contribution in [0.15, 0.2) is 48.7 Å². The first kappa shape index (κ1) is 14.9. The van der Waals surface area contributed by atoms with Gasteiger partial charge in [0.1, 0.15) is 5.69 Å². The predicted octanol–water partition coefficient (Wildman–Crippen LogP) is 3.40. The van der Waals surface area contributed by atoms with E-state index in [0.29, 0.717) is 22.3 Å². The van der Waals surface area contributed by atoms with Crippen LogP contribution in [0.25, 0.3) is 10.7 Å². The topological polar surface area (TPSA) is 70.9 Å². The van der Waals surface area contributed by atoms with Crippen LogP contribution in [-0.2, 0) is 0 Å². The molecule has 0 aliphatic rings. The number of rotatable bonds is 5. The summed E-state index contributed by atoms with van der Waals surface area (Å²) in [6.45, 7) is 0.306. The summed E-state index contributed by atoms with van der Waals surface area (Å²) in [7, 11) is 0. The molecule has 5 nitrogen and oxygen atoms in total. The molecule has 3 rings (SSSR count). The van der Waals surface area contributed by atoms with Crippen LogP contribution >= 0.6 is 22.9 Å². The van der Waals surface area contributed by atoms with Gasteiger partial charge in [-0.2, -0.15) is 0 Å². The molecule has 0 fully saturated rings. The van der Waals surface area contributed by atoms with Gasteiger partial charge in [-0.1, -0.05) is 47.2 Å². The van der Waals surface area contributed by atoms with Gasteiger partial charge in [0.2, 0.25) is 5.13 Å². The van der Waals surface area contributed by atoms with E-state index in [4.69, 9.17) is 11.6 Å². The van der Waals surface area contributed by atoms with Crippen LogP contribution in [0.1, 0.15) is 11.7 Å². The Balaban J connectivity index is 1.65. The monoisotopic (exact) mass is 332 g/mol. The number of benzene rings is 1. The molecule has 0 aliphatic heterocycles. The lowest BCUT2D eigenvalue weighted by Gasteiger charge is -2.12. The van der Waals surface area contributed by atoms with Crippen LogP contribution < -0.4 is 5.32 Å². The largest absolute Gasteiger partial charge is 0.387 e. The minimum Gasteiger partial charge on any atom is -0.387 e. The molecule has 1 aromatic carbocycles. The quantitative estimate of drug-likeness (QED) is 0.749. The van der Waals surface area contributed by atoms with Crippen LogP contribution in [0.4, 0.5) is 5.13 Å². The summed E-state index contributed by atoms with van der Waals surface area (Å²) in [6.07, 6.45) is 1.00. The van der Waals surface area contributed by atoms with E-state index in [2.05, 4.69) is 20.5 Å². The summed E-state index contributed by atoms with van der Waals surface area (Å²) in [6, 6.07) is 12.9. The third-order valence-corrected chi connectivity index (χ3v) is 4.27. The highest BCUT2D eigenvalue weighted by Gasteiger charge is 2.12. The van der Waals surface area contributed by atoms with Crippen molar-refractivity contribution >= 4 is 28.1 Å². The van der Waals surface area contributed by atoms with Crippen molar-refractivity contribution in [2.24, 2.45) is 0 Å². The number of aliphatic hydroxyl groups excluding tert-OH is 1. The molecule has 2 aromatic heterocycles. The Bertz CT molecular complexity index is 750. The molecule has 2 N–H and O–H groups in total. The van der Waals surface area contributed by atoms with Crippen molar-refractivity contribution < 1.29 is 5.11 Å². The molecule has 0 aliphatic carbocycles. The van der Waals surface area contributed by atoms with Gasteiger partial charge in [0, 0.05) is 23.3 Å². The van der Waals surface area contributed by atoms with E-state index in [0.717, 1.165) is 10.7 Å². The lowest BCUT2D eigenvalue weighted by molar-refractivity contribution is 0.191. The second-order valence-electron chi connectivity index (χ2n) is 4.55. The van der Waals surface area contributed by atoms with E-state index in [9.17, 15) is 5.11 Å². The van der Waals surface area contributed by atoms with Crippen LogP contribution in [0.3, 0.4) is 0 Å². The standard InChI is InChI=1S/C15H13ClN4OS/c16-11-6-2-1-5-10(11)13(21)9-18-15-20-19-14(22-15)12-7-3-4-8-17-12/h1-8,13,21H,9H2,(H,18,20)/t13-/m0/s1. The van der Waals surface area contributed by atoms with Crippen molar-refractivity contribution in [3.8, 4) is 10.7 Å². The van der Waals surface area contributed by atoms with Crippen molar-refractivity contribution in [3.05, 3.63) is 59.2 Å². The summed E-state index contributed by atoms with van der Waals surface area (Å²) in [5.74, 6) is 0. The Hall–Kier alpha value is -2.02. The molecule has 7 heteroatoms. The molecule has 0 spiro atoms. The number of hydrogen-bond acceptors (Lipinski definition) is 6. The lowest BCUT2D eigenvalue weighted by Crippen LogP contribution is -2.12. The smallest absolute Gasteiger partial charge is 0.206 e. The molecule has 0 radical (unpaired) electrons. The summed E-state index contributed by atoms with van der Waals surface area (Å²) in [4.78, 5) is 4.23. The second kappa shape index (κ2) is 6.83. The highest BCUT2D eigenvalue weighted by atomic mass is 35.5. The zero-order valence-corrected chi connectivity index (χ0v) is 13.1. The van der Waals surface area contributed by atoms with Gasteiger partial charge >= 0.3 is 0 Å². The number of halogens is 1. The predicted molar refractivity (Wildman–Crippen MR) is 88.0 cm³/mol. The first-order valence-corrected chi connectivity index (χ1v) is 7.85. The van der Waals surface area contributed by atoms with Crippen molar-refractivity contribution in [3.63, 3.8) is 0 Å². The normalized spacial score (nSPS) is 12.1. The van der Waals surface area contributed by atoms with E-state index < -0.39 is 6.10 Å².